The van der Waals surface area contributed by atoms with Crippen molar-refractivity contribution in [3.8, 4) is 5.75 Å². The SMILES string of the molecule is COc1ccc(NC(=O)Cc2nc(C)c(C(=O)NCc3ccccc3)s2)cc1Cl. The number of carbonyl (C=O) groups is 2. The average Bonchev–Trinajstić information content (AvgIpc) is 3.07. The van der Waals surface area contributed by atoms with E-state index in [1.54, 1.807) is 25.1 Å². The van der Waals surface area contributed by atoms with Gasteiger partial charge in [0.05, 0.1) is 24.2 Å². The second-order valence-electron chi connectivity index (χ2n) is 6.26. The number of halogens is 1. The highest BCUT2D eigenvalue weighted by Crippen LogP contribution is 2.27. The van der Waals surface area contributed by atoms with Crippen molar-refractivity contribution in [1.29, 1.82) is 0 Å². The zero-order chi connectivity index (χ0) is 20.8. The molecule has 0 aliphatic heterocycles. The Balaban J connectivity index is 1.60. The van der Waals surface area contributed by atoms with Crippen LogP contribution in [0.25, 0.3) is 0 Å². The van der Waals surface area contributed by atoms with Crippen LogP contribution >= 0.6 is 22.9 Å². The number of amides is 2. The first kappa shape index (κ1) is 20.8. The van der Waals surface area contributed by atoms with Gasteiger partial charge < -0.3 is 15.4 Å². The Morgan fingerprint density at radius 1 is 1.17 bits per heavy atom. The zero-order valence-electron chi connectivity index (χ0n) is 16.0. The molecule has 0 bridgehead atoms. The summed E-state index contributed by atoms with van der Waals surface area (Å²) < 4.78 is 5.10. The number of carbonyl (C=O) groups excluding carboxylic acids is 2. The van der Waals surface area contributed by atoms with E-state index in [2.05, 4.69) is 15.6 Å². The van der Waals surface area contributed by atoms with E-state index in [9.17, 15) is 9.59 Å². The molecule has 0 aliphatic carbocycles. The number of ether oxygens (including phenoxy) is 1. The van der Waals surface area contributed by atoms with Crippen molar-refractivity contribution >= 4 is 40.4 Å². The van der Waals surface area contributed by atoms with Crippen LogP contribution in [-0.2, 0) is 17.8 Å². The minimum Gasteiger partial charge on any atom is -0.495 e. The summed E-state index contributed by atoms with van der Waals surface area (Å²) >= 11 is 7.30. The molecule has 29 heavy (non-hydrogen) atoms. The first-order valence-corrected chi connectivity index (χ1v) is 10.1. The van der Waals surface area contributed by atoms with Crippen molar-refractivity contribution in [2.45, 2.75) is 19.9 Å². The van der Waals surface area contributed by atoms with E-state index >= 15 is 0 Å². The monoisotopic (exact) mass is 429 g/mol. The van der Waals surface area contributed by atoms with Crippen LogP contribution in [0.1, 0.15) is 25.9 Å². The molecule has 0 spiro atoms. The van der Waals surface area contributed by atoms with Gasteiger partial charge in [0, 0.05) is 12.2 Å². The Morgan fingerprint density at radius 3 is 2.62 bits per heavy atom. The quantitative estimate of drug-likeness (QED) is 0.589. The largest absolute Gasteiger partial charge is 0.495 e. The third-order valence-corrected chi connectivity index (χ3v) is 5.54. The van der Waals surface area contributed by atoms with Gasteiger partial charge in [0.2, 0.25) is 5.91 Å². The van der Waals surface area contributed by atoms with Crippen LogP contribution in [0.4, 0.5) is 5.69 Å². The summed E-state index contributed by atoms with van der Waals surface area (Å²) in [5.74, 6) is 0.0973. The number of nitrogens with zero attached hydrogens (tertiary/aromatic N) is 1. The zero-order valence-corrected chi connectivity index (χ0v) is 17.6. The number of aromatic nitrogens is 1. The van der Waals surface area contributed by atoms with Gasteiger partial charge in [-0.2, -0.15) is 0 Å². The van der Waals surface area contributed by atoms with Crippen LogP contribution in [0.2, 0.25) is 5.02 Å². The molecule has 0 unspecified atom stereocenters. The molecule has 2 amide bonds. The number of aryl methyl sites for hydroxylation is 1. The smallest absolute Gasteiger partial charge is 0.263 e. The molecule has 2 N–H and O–H groups in total. The van der Waals surface area contributed by atoms with Gasteiger partial charge in [-0.1, -0.05) is 41.9 Å². The summed E-state index contributed by atoms with van der Waals surface area (Å²) in [5.41, 5.74) is 2.19. The van der Waals surface area contributed by atoms with E-state index in [1.807, 2.05) is 30.3 Å². The highest BCUT2D eigenvalue weighted by atomic mass is 35.5. The normalized spacial score (nSPS) is 10.4. The summed E-state index contributed by atoms with van der Waals surface area (Å²) in [7, 11) is 1.53. The highest BCUT2D eigenvalue weighted by Gasteiger charge is 2.17. The van der Waals surface area contributed by atoms with Gasteiger partial charge in [-0.15, -0.1) is 11.3 Å². The summed E-state index contributed by atoms with van der Waals surface area (Å²) in [4.78, 5) is 29.7. The number of hydrogen-bond acceptors (Lipinski definition) is 5. The van der Waals surface area contributed by atoms with Crippen LogP contribution in [0, 0.1) is 6.92 Å². The van der Waals surface area contributed by atoms with Gasteiger partial charge in [0.15, 0.2) is 0 Å². The number of nitrogens with one attached hydrogen (secondary N) is 2. The highest BCUT2D eigenvalue weighted by molar-refractivity contribution is 7.13. The number of hydrogen-bond donors (Lipinski definition) is 2. The Labute approximate surface area is 177 Å². The van der Waals surface area contributed by atoms with Crippen LogP contribution < -0.4 is 15.4 Å². The van der Waals surface area contributed by atoms with Crippen molar-refractivity contribution in [3.05, 3.63) is 74.7 Å². The molecular weight excluding hydrogens is 410 g/mol. The van der Waals surface area contributed by atoms with E-state index in [1.165, 1.54) is 18.4 Å². The lowest BCUT2D eigenvalue weighted by Gasteiger charge is -2.07. The molecule has 0 atom stereocenters. The third kappa shape index (κ3) is 5.56. The molecule has 150 valence electrons. The molecule has 2 aromatic carbocycles. The summed E-state index contributed by atoms with van der Waals surface area (Å²) in [6, 6.07) is 14.7. The van der Waals surface area contributed by atoms with Crippen molar-refractivity contribution in [1.82, 2.24) is 10.3 Å². The topological polar surface area (TPSA) is 80.3 Å². The first-order chi connectivity index (χ1) is 14.0. The molecule has 8 heteroatoms. The molecule has 6 nitrogen and oxygen atoms in total. The third-order valence-electron chi connectivity index (χ3n) is 4.09. The fourth-order valence-electron chi connectivity index (χ4n) is 2.68. The fourth-order valence-corrected chi connectivity index (χ4v) is 3.92. The number of thiazole rings is 1. The summed E-state index contributed by atoms with van der Waals surface area (Å²) in [5, 5.41) is 6.64. The van der Waals surface area contributed by atoms with Crippen molar-refractivity contribution in [3.63, 3.8) is 0 Å². The predicted octanol–water partition coefficient (Wildman–Crippen LogP) is 4.22. The Kier molecular flexibility index (Phi) is 6.85. The van der Waals surface area contributed by atoms with Gasteiger partial charge in [0.25, 0.3) is 5.91 Å². The molecule has 0 radical (unpaired) electrons. The lowest BCUT2D eigenvalue weighted by atomic mass is 10.2. The average molecular weight is 430 g/mol. The lowest BCUT2D eigenvalue weighted by Crippen LogP contribution is -2.22. The summed E-state index contributed by atoms with van der Waals surface area (Å²) in [6.45, 7) is 2.20. The lowest BCUT2D eigenvalue weighted by molar-refractivity contribution is -0.115. The van der Waals surface area contributed by atoms with E-state index < -0.39 is 0 Å². The van der Waals surface area contributed by atoms with Gasteiger partial charge in [0.1, 0.15) is 15.6 Å². The minimum absolute atomic E-state index is 0.0706. The maximum Gasteiger partial charge on any atom is 0.263 e. The maximum absolute atomic E-state index is 12.5. The van der Waals surface area contributed by atoms with Crippen molar-refractivity contribution in [2.75, 3.05) is 12.4 Å². The number of methoxy groups -OCH3 is 1. The van der Waals surface area contributed by atoms with E-state index in [0.717, 1.165) is 5.56 Å². The number of anilines is 1. The second-order valence-corrected chi connectivity index (χ2v) is 7.76. The summed E-state index contributed by atoms with van der Waals surface area (Å²) in [6.07, 6.45) is 0.0706. The second kappa shape index (κ2) is 9.54. The standard InChI is InChI=1S/C21H20ClN3O3S/c1-13-20(21(27)23-12-14-6-4-3-5-7-14)29-19(24-13)11-18(26)25-15-8-9-17(28-2)16(22)10-15/h3-10H,11-12H2,1-2H3,(H,23,27)(H,25,26). The molecule has 3 aromatic rings. The van der Waals surface area contributed by atoms with E-state index in [-0.39, 0.29) is 18.2 Å². The van der Waals surface area contributed by atoms with Gasteiger partial charge in [-0.05, 0) is 30.7 Å². The molecule has 0 saturated heterocycles. The molecule has 0 aliphatic rings. The molecule has 3 rings (SSSR count). The molecule has 1 heterocycles. The fraction of sp³-hybridized carbons (Fsp3) is 0.190. The number of benzene rings is 2. The Hall–Kier alpha value is -2.90. The molecule has 0 fully saturated rings. The van der Waals surface area contributed by atoms with E-state index in [4.69, 9.17) is 16.3 Å². The van der Waals surface area contributed by atoms with Crippen LogP contribution in [-0.4, -0.2) is 23.9 Å². The molecule has 1 aromatic heterocycles. The molecular formula is C21H20ClN3O3S. The van der Waals surface area contributed by atoms with Gasteiger partial charge in [-0.25, -0.2) is 4.98 Å². The van der Waals surface area contributed by atoms with E-state index in [0.29, 0.717) is 38.6 Å². The predicted molar refractivity (Wildman–Crippen MR) is 115 cm³/mol. The first-order valence-electron chi connectivity index (χ1n) is 8.88. The van der Waals surface area contributed by atoms with Crippen molar-refractivity contribution < 1.29 is 14.3 Å². The van der Waals surface area contributed by atoms with Crippen LogP contribution in [0.15, 0.2) is 48.5 Å². The van der Waals surface area contributed by atoms with Crippen LogP contribution in [0.5, 0.6) is 5.75 Å². The van der Waals surface area contributed by atoms with Gasteiger partial charge in [-0.3, -0.25) is 9.59 Å². The minimum atomic E-state index is -0.240. The van der Waals surface area contributed by atoms with Crippen molar-refractivity contribution in [2.24, 2.45) is 0 Å². The maximum atomic E-state index is 12.5. The molecule has 0 saturated carbocycles. The Bertz CT molecular complexity index is 1020. The Morgan fingerprint density at radius 2 is 1.93 bits per heavy atom. The van der Waals surface area contributed by atoms with Crippen LogP contribution in [0.3, 0.4) is 0 Å². The number of rotatable bonds is 7. The van der Waals surface area contributed by atoms with Gasteiger partial charge >= 0.3 is 0 Å².